The molecule has 1 saturated carbocycles. The Morgan fingerprint density at radius 2 is 1.82 bits per heavy atom. The van der Waals surface area contributed by atoms with Gasteiger partial charge in [-0.15, -0.1) is 5.10 Å². The number of nitrogens with zero attached hydrogens (tertiary/aromatic N) is 6. The lowest BCUT2D eigenvalue weighted by Gasteiger charge is -2.55. The van der Waals surface area contributed by atoms with Gasteiger partial charge in [0.25, 0.3) is 5.78 Å². The van der Waals surface area contributed by atoms with E-state index in [0.717, 1.165) is 107 Å². The van der Waals surface area contributed by atoms with Gasteiger partial charge < -0.3 is 19.3 Å². The van der Waals surface area contributed by atoms with E-state index in [-0.39, 0.29) is 12.0 Å². The first-order valence-electron chi connectivity index (χ1n) is 14.8. The maximum atomic E-state index is 13.0. The van der Waals surface area contributed by atoms with E-state index in [1.165, 1.54) is 5.70 Å². The molecule has 3 saturated heterocycles. The Hall–Kier alpha value is -2.94. The Morgan fingerprint density at radius 1 is 1.03 bits per heavy atom. The fourth-order valence-electron chi connectivity index (χ4n) is 7.39. The van der Waals surface area contributed by atoms with Gasteiger partial charge in [0.05, 0.1) is 36.6 Å². The first-order chi connectivity index (χ1) is 18.9. The maximum absolute atomic E-state index is 13.0. The van der Waals surface area contributed by atoms with E-state index in [0.29, 0.717) is 23.0 Å². The molecule has 1 spiro atoms. The van der Waals surface area contributed by atoms with Crippen LogP contribution < -0.4 is 4.74 Å². The van der Waals surface area contributed by atoms with Gasteiger partial charge in [-0.3, -0.25) is 4.79 Å². The number of likely N-dealkylation sites (tertiary alicyclic amines) is 2. The third-order valence-electron chi connectivity index (χ3n) is 9.72. The molecule has 0 unspecified atom stereocenters. The molecule has 0 radical (unpaired) electrons. The lowest BCUT2D eigenvalue weighted by Crippen LogP contribution is -2.67. The third kappa shape index (κ3) is 4.52. The first kappa shape index (κ1) is 25.1. The van der Waals surface area contributed by atoms with Gasteiger partial charge in [0.2, 0.25) is 5.91 Å². The summed E-state index contributed by atoms with van der Waals surface area (Å²) in [5.41, 5.74) is 5.15. The molecular formula is C30H40N6O3. The predicted octanol–water partition coefficient (Wildman–Crippen LogP) is 3.77. The molecule has 5 aliphatic rings. The minimum Gasteiger partial charge on any atom is -0.485 e. The number of amides is 1. The van der Waals surface area contributed by atoms with Crippen molar-refractivity contribution in [2.75, 3.05) is 39.4 Å². The van der Waals surface area contributed by atoms with Crippen molar-refractivity contribution in [2.24, 2.45) is 17.3 Å². The molecule has 7 rings (SSSR count). The lowest BCUT2D eigenvalue weighted by atomic mass is 9.73. The highest BCUT2D eigenvalue weighted by atomic mass is 16.5. The summed E-state index contributed by atoms with van der Waals surface area (Å²) in [4.78, 5) is 26.5. The molecule has 4 fully saturated rings. The van der Waals surface area contributed by atoms with Crippen LogP contribution in [0.3, 0.4) is 0 Å². The second-order valence-corrected chi connectivity index (χ2v) is 12.6. The number of ether oxygens (including phenoxy) is 2. The van der Waals surface area contributed by atoms with E-state index in [1.54, 1.807) is 10.1 Å². The minimum atomic E-state index is 0.142. The largest absolute Gasteiger partial charge is 0.485 e. The molecular weight excluding hydrogens is 492 g/mol. The van der Waals surface area contributed by atoms with Gasteiger partial charge in [-0.1, -0.05) is 11.6 Å². The van der Waals surface area contributed by atoms with Gasteiger partial charge in [0.1, 0.15) is 11.9 Å². The first-order valence-corrected chi connectivity index (χ1v) is 14.8. The zero-order valence-corrected chi connectivity index (χ0v) is 23.5. The molecule has 3 aliphatic heterocycles. The fourth-order valence-corrected chi connectivity index (χ4v) is 7.39. The molecule has 9 heteroatoms. The van der Waals surface area contributed by atoms with Crippen molar-refractivity contribution in [3.63, 3.8) is 0 Å². The Balaban J connectivity index is 0.924. The summed E-state index contributed by atoms with van der Waals surface area (Å²) in [6.07, 6.45) is 12.5. The minimum absolute atomic E-state index is 0.142. The third-order valence-corrected chi connectivity index (χ3v) is 9.72. The highest BCUT2D eigenvalue weighted by molar-refractivity contribution is 5.80. The van der Waals surface area contributed by atoms with Crippen molar-refractivity contribution < 1.29 is 14.3 Å². The number of aromatic nitrogens is 4. The molecule has 1 amide bonds. The Morgan fingerprint density at radius 3 is 2.51 bits per heavy atom. The average Bonchev–Trinajstić information content (AvgIpc) is 3.51. The normalized spacial score (nSPS) is 28.2. The topological polar surface area (TPSA) is 85.1 Å². The summed E-state index contributed by atoms with van der Waals surface area (Å²) in [6.45, 7) is 11.3. The lowest BCUT2D eigenvalue weighted by molar-refractivity contribution is -0.198. The fraction of sp³-hybridized carbons (Fsp3) is 0.667. The van der Waals surface area contributed by atoms with E-state index in [9.17, 15) is 4.79 Å². The average molecular weight is 533 g/mol. The van der Waals surface area contributed by atoms with Crippen LogP contribution in [0.5, 0.6) is 5.75 Å². The van der Waals surface area contributed by atoms with Crippen LogP contribution in [0.25, 0.3) is 5.78 Å². The van der Waals surface area contributed by atoms with E-state index < -0.39 is 0 Å². The number of allylic oxidation sites excluding steroid dienone is 4. The van der Waals surface area contributed by atoms with E-state index >= 15 is 0 Å². The number of hydrogen-bond acceptors (Lipinski definition) is 7. The van der Waals surface area contributed by atoms with Crippen LogP contribution in [0.1, 0.15) is 62.2 Å². The monoisotopic (exact) mass is 532 g/mol. The Bertz CT molecular complexity index is 1340. The molecule has 0 N–H and O–H groups in total. The molecule has 0 bridgehead atoms. The van der Waals surface area contributed by atoms with Crippen molar-refractivity contribution in [3.8, 4) is 5.75 Å². The number of carbonyl (C=O) groups is 1. The van der Waals surface area contributed by atoms with Crippen LogP contribution in [-0.4, -0.2) is 80.8 Å². The summed E-state index contributed by atoms with van der Waals surface area (Å²) in [5, 5.41) is 4.47. The zero-order valence-electron chi connectivity index (χ0n) is 23.5. The molecule has 9 nitrogen and oxygen atoms in total. The van der Waals surface area contributed by atoms with Gasteiger partial charge in [-0.25, -0.2) is 4.98 Å². The highest BCUT2D eigenvalue weighted by Crippen LogP contribution is 2.42. The standard InChI is InChI=1S/C30H40N6O3/c1-19-27(20(2)36-29(31-19)32-21(3)33-36)39-26-12-13-34(14-26)25-10-8-23(9-11-25)22-4-6-24(7-5-22)28(37)35-15-30(16-35)17-38-18-30/h8,10,22,24,26H,4-7,9,11-18H2,1-3H3/t22?,24?,26-/m1/s1. The highest BCUT2D eigenvalue weighted by Gasteiger charge is 2.51. The summed E-state index contributed by atoms with van der Waals surface area (Å²) < 4.78 is 13.6. The van der Waals surface area contributed by atoms with Crippen LogP contribution in [-0.2, 0) is 9.53 Å². The summed E-state index contributed by atoms with van der Waals surface area (Å²) in [5.74, 6) is 3.45. The SMILES string of the molecule is Cc1nc2nc(C)c(O[C@@H]3CCN(C4=CC=C(C5CCC(C(=O)N6CC7(COC7)C6)CC5)CC4)C3)c(C)n2n1. The predicted molar refractivity (Wildman–Crippen MR) is 146 cm³/mol. The molecule has 208 valence electrons. The van der Waals surface area contributed by atoms with E-state index in [1.807, 2.05) is 20.8 Å². The van der Waals surface area contributed by atoms with Crippen LogP contribution in [0, 0.1) is 38.0 Å². The van der Waals surface area contributed by atoms with Crippen molar-refractivity contribution >= 4 is 11.7 Å². The molecule has 2 aliphatic carbocycles. The maximum Gasteiger partial charge on any atom is 0.253 e. The summed E-state index contributed by atoms with van der Waals surface area (Å²) in [6, 6.07) is 0. The molecule has 2 aromatic heterocycles. The van der Waals surface area contributed by atoms with Gasteiger partial charge in [0, 0.05) is 37.7 Å². The smallest absolute Gasteiger partial charge is 0.253 e. The number of carbonyl (C=O) groups excluding carboxylic acids is 1. The van der Waals surface area contributed by atoms with Crippen LogP contribution in [0.2, 0.25) is 0 Å². The zero-order chi connectivity index (χ0) is 26.7. The van der Waals surface area contributed by atoms with Gasteiger partial charge >= 0.3 is 0 Å². The number of rotatable bonds is 5. The second kappa shape index (κ2) is 9.61. The summed E-state index contributed by atoms with van der Waals surface area (Å²) >= 11 is 0. The molecule has 39 heavy (non-hydrogen) atoms. The number of aryl methyl sites for hydroxylation is 3. The summed E-state index contributed by atoms with van der Waals surface area (Å²) in [7, 11) is 0. The van der Waals surface area contributed by atoms with Gasteiger partial charge in [0.15, 0.2) is 5.75 Å². The molecule has 0 aromatic carbocycles. The van der Waals surface area contributed by atoms with Crippen LogP contribution >= 0.6 is 0 Å². The van der Waals surface area contributed by atoms with Gasteiger partial charge in [-0.05, 0) is 71.3 Å². The van der Waals surface area contributed by atoms with Crippen molar-refractivity contribution in [1.82, 2.24) is 29.4 Å². The number of hydrogen-bond donors (Lipinski definition) is 0. The number of fused-ring (bicyclic) bond motifs is 1. The molecule has 2 aromatic rings. The second-order valence-electron chi connectivity index (χ2n) is 12.6. The van der Waals surface area contributed by atoms with Gasteiger partial charge in [-0.2, -0.15) is 9.50 Å². The van der Waals surface area contributed by atoms with Crippen molar-refractivity contribution in [3.05, 3.63) is 40.6 Å². The van der Waals surface area contributed by atoms with Crippen LogP contribution in [0.15, 0.2) is 23.4 Å². The molecule has 5 heterocycles. The Kier molecular flexibility index (Phi) is 6.17. The van der Waals surface area contributed by atoms with Crippen molar-refractivity contribution in [2.45, 2.75) is 71.8 Å². The van der Waals surface area contributed by atoms with Crippen LogP contribution in [0.4, 0.5) is 0 Å². The van der Waals surface area contributed by atoms with E-state index in [2.05, 4.69) is 37.0 Å². The Labute approximate surface area is 230 Å². The van der Waals surface area contributed by atoms with E-state index in [4.69, 9.17) is 9.47 Å². The molecule has 1 atom stereocenters. The van der Waals surface area contributed by atoms with Crippen molar-refractivity contribution in [1.29, 1.82) is 0 Å². The quantitative estimate of drug-likeness (QED) is 0.580.